The highest BCUT2D eigenvalue weighted by molar-refractivity contribution is 5.84. The fourth-order valence-corrected chi connectivity index (χ4v) is 3.88. The van der Waals surface area contributed by atoms with E-state index in [1.165, 1.54) is 0 Å². The van der Waals surface area contributed by atoms with Gasteiger partial charge in [0.2, 0.25) is 0 Å². The maximum absolute atomic E-state index is 9.56. The number of nitrogens with two attached hydrogens (primary N) is 1. The normalized spacial score (nSPS) is 19.6. The largest absolute Gasteiger partial charge is 0.393 e. The lowest BCUT2D eigenvalue weighted by Crippen LogP contribution is -2.36. The lowest BCUT2D eigenvalue weighted by atomic mass is 9.76. The second-order valence-corrected chi connectivity index (χ2v) is 7.72. The lowest BCUT2D eigenvalue weighted by molar-refractivity contribution is 0.0301. The molecule has 8 nitrogen and oxygen atoms in total. The summed E-state index contributed by atoms with van der Waals surface area (Å²) in [5.41, 5.74) is 10.2. The van der Waals surface area contributed by atoms with E-state index >= 15 is 0 Å². The van der Waals surface area contributed by atoms with E-state index in [0.29, 0.717) is 24.4 Å². The molecule has 1 aromatic carbocycles. The Hall–Kier alpha value is -3.20. The average molecular weight is 402 g/mol. The third-order valence-corrected chi connectivity index (χ3v) is 5.69. The summed E-state index contributed by atoms with van der Waals surface area (Å²) in [5.74, 6) is 0.873. The molecule has 3 heterocycles. The molecule has 0 bridgehead atoms. The minimum atomic E-state index is -0.252. The summed E-state index contributed by atoms with van der Waals surface area (Å²) in [6.45, 7) is -0.126. The standard InChI is InChI=1S/C22H22N6O2/c23-22(15-6-17(30)7-15)19-11-24-10-18(27-19)13-4-5-14-9-25-28(20(14)8-13)21-3-1-2-16(12-29)26-21/h1-5,8-11,15,17,22,29-30H,6-7,12,23H2/t15-,17+,22-/m0/s1. The van der Waals surface area contributed by atoms with Gasteiger partial charge in [-0.05, 0) is 37.0 Å². The summed E-state index contributed by atoms with van der Waals surface area (Å²) in [5, 5.41) is 24.4. The Labute approximate surface area is 173 Å². The minimum Gasteiger partial charge on any atom is -0.393 e. The average Bonchev–Trinajstić information content (AvgIpc) is 3.20. The fourth-order valence-electron chi connectivity index (χ4n) is 3.88. The molecule has 0 radical (unpaired) electrons. The SMILES string of the molecule is N[C@H](c1cncc(-c2ccc3cnn(-c4cccc(CO)n4)c3c2)n1)[C@H]1C[C@@H](O)C1. The number of hydrogen-bond acceptors (Lipinski definition) is 7. The number of fused-ring (bicyclic) bond motifs is 1. The third kappa shape index (κ3) is 3.35. The van der Waals surface area contributed by atoms with Crippen molar-refractivity contribution in [3.63, 3.8) is 0 Å². The molecule has 30 heavy (non-hydrogen) atoms. The molecule has 1 aliphatic rings. The summed E-state index contributed by atoms with van der Waals surface area (Å²) in [6, 6.07) is 11.2. The molecule has 0 spiro atoms. The molecular weight excluding hydrogens is 380 g/mol. The zero-order valence-corrected chi connectivity index (χ0v) is 16.3. The van der Waals surface area contributed by atoms with Crippen LogP contribution in [0.5, 0.6) is 0 Å². The molecule has 0 aliphatic heterocycles. The maximum Gasteiger partial charge on any atom is 0.154 e. The Morgan fingerprint density at radius 1 is 1.10 bits per heavy atom. The van der Waals surface area contributed by atoms with Crippen LogP contribution >= 0.6 is 0 Å². The molecule has 0 saturated heterocycles. The number of hydrogen-bond donors (Lipinski definition) is 3. The van der Waals surface area contributed by atoms with Gasteiger partial charge in [-0.25, -0.2) is 14.6 Å². The van der Waals surface area contributed by atoms with Crippen molar-refractivity contribution < 1.29 is 10.2 Å². The van der Waals surface area contributed by atoms with Crippen LogP contribution in [0.4, 0.5) is 0 Å². The fraction of sp³-hybridized carbons (Fsp3) is 0.273. The van der Waals surface area contributed by atoms with Gasteiger partial charge in [-0.1, -0.05) is 18.2 Å². The number of aliphatic hydroxyl groups excluding tert-OH is 2. The van der Waals surface area contributed by atoms with Gasteiger partial charge < -0.3 is 15.9 Å². The number of nitrogens with zero attached hydrogens (tertiary/aromatic N) is 5. The predicted molar refractivity (Wildman–Crippen MR) is 111 cm³/mol. The number of aliphatic hydroxyl groups is 2. The van der Waals surface area contributed by atoms with Crippen molar-refractivity contribution in [1.29, 1.82) is 0 Å². The summed E-state index contributed by atoms with van der Waals surface area (Å²) in [6.07, 6.45) is 6.37. The molecule has 1 saturated carbocycles. The van der Waals surface area contributed by atoms with E-state index < -0.39 is 0 Å². The van der Waals surface area contributed by atoms with Gasteiger partial charge in [0.15, 0.2) is 5.82 Å². The number of rotatable bonds is 5. The highest BCUT2D eigenvalue weighted by Crippen LogP contribution is 2.36. The van der Waals surface area contributed by atoms with E-state index in [1.54, 1.807) is 29.3 Å². The van der Waals surface area contributed by atoms with Crippen molar-refractivity contribution in [3.05, 3.63) is 66.4 Å². The molecule has 152 valence electrons. The minimum absolute atomic E-state index is 0.126. The van der Waals surface area contributed by atoms with Crippen molar-refractivity contribution in [3.8, 4) is 17.1 Å². The predicted octanol–water partition coefficient (Wildman–Crippen LogP) is 2.14. The van der Waals surface area contributed by atoms with Crippen LogP contribution in [0.1, 0.15) is 30.3 Å². The number of aromatic nitrogens is 5. The summed E-state index contributed by atoms with van der Waals surface area (Å²) < 4.78 is 1.75. The van der Waals surface area contributed by atoms with Gasteiger partial charge in [-0.3, -0.25) is 4.98 Å². The van der Waals surface area contributed by atoms with Crippen LogP contribution in [0.25, 0.3) is 28.0 Å². The van der Waals surface area contributed by atoms with Gasteiger partial charge in [-0.2, -0.15) is 5.10 Å². The Bertz CT molecular complexity index is 1200. The molecule has 5 rings (SSSR count). The van der Waals surface area contributed by atoms with Crippen LogP contribution in [0, 0.1) is 5.92 Å². The van der Waals surface area contributed by atoms with Crippen molar-refractivity contribution >= 4 is 10.9 Å². The lowest BCUT2D eigenvalue weighted by Gasteiger charge is -2.35. The van der Waals surface area contributed by atoms with E-state index in [4.69, 9.17) is 10.7 Å². The van der Waals surface area contributed by atoms with Gasteiger partial charge in [0, 0.05) is 10.9 Å². The van der Waals surface area contributed by atoms with E-state index in [1.807, 2.05) is 30.3 Å². The van der Waals surface area contributed by atoms with Crippen LogP contribution in [0.3, 0.4) is 0 Å². The quantitative estimate of drug-likeness (QED) is 0.467. The summed E-state index contributed by atoms with van der Waals surface area (Å²) >= 11 is 0. The Morgan fingerprint density at radius 2 is 1.97 bits per heavy atom. The van der Waals surface area contributed by atoms with Crippen LogP contribution in [-0.4, -0.2) is 41.0 Å². The van der Waals surface area contributed by atoms with E-state index in [9.17, 15) is 10.2 Å². The molecule has 3 aromatic heterocycles. The molecule has 0 unspecified atom stereocenters. The Morgan fingerprint density at radius 3 is 2.77 bits per heavy atom. The second kappa shape index (κ2) is 7.56. The van der Waals surface area contributed by atoms with Crippen LogP contribution < -0.4 is 5.73 Å². The van der Waals surface area contributed by atoms with E-state index in [0.717, 1.165) is 27.9 Å². The molecular formula is C22H22N6O2. The van der Waals surface area contributed by atoms with Crippen molar-refractivity contribution in [2.45, 2.75) is 31.6 Å². The molecule has 1 fully saturated rings. The van der Waals surface area contributed by atoms with Crippen molar-refractivity contribution in [2.24, 2.45) is 11.7 Å². The zero-order chi connectivity index (χ0) is 20.7. The third-order valence-electron chi connectivity index (χ3n) is 5.69. The Balaban J connectivity index is 1.52. The molecule has 4 aromatic rings. The van der Waals surface area contributed by atoms with Gasteiger partial charge >= 0.3 is 0 Å². The number of benzene rings is 1. The highest BCUT2D eigenvalue weighted by atomic mass is 16.3. The van der Waals surface area contributed by atoms with E-state index in [2.05, 4.69) is 15.1 Å². The number of pyridine rings is 1. The van der Waals surface area contributed by atoms with Crippen molar-refractivity contribution in [2.75, 3.05) is 0 Å². The first-order chi connectivity index (χ1) is 14.6. The van der Waals surface area contributed by atoms with Gasteiger partial charge in [0.1, 0.15) is 0 Å². The van der Waals surface area contributed by atoms with Crippen LogP contribution in [0.2, 0.25) is 0 Å². The van der Waals surface area contributed by atoms with Gasteiger partial charge in [-0.15, -0.1) is 0 Å². The molecule has 4 N–H and O–H groups in total. The molecule has 0 amide bonds. The second-order valence-electron chi connectivity index (χ2n) is 7.72. The first kappa shape index (κ1) is 18.8. The smallest absolute Gasteiger partial charge is 0.154 e. The first-order valence-electron chi connectivity index (χ1n) is 9.93. The Kier molecular flexibility index (Phi) is 4.74. The van der Waals surface area contributed by atoms with E-state index in [-0.39, 0.29) is 24.7 Å². The zero-order valence-electron chi connectivity index (χ0n) is 16.3. The van der Waals surface area contributed by atoms with Gasteiger partial charge in [0.25, 0.3) is 0 Å². The molecule has 1 atom stereocenters. The van der Waals surface area contributed by atoms with Crippen molar-refractivity contribution in [1.82, 2.24) is 24.7 Å². The molecule has 1 aliphatic carbocycles. The maximum atomic E-state index is 9.56. The van der Waals surface area contributed by atoms with Crippen LogP contribution in [-0.2, 0) is 6.61 Å². The summed E-state index contributed by atoms with van der Waals surface area (Å²) in [4.78, 5) is 13.5. The molecule has 8 heteroatoms. The summed E-state index contributed by atoms with van der Waals surface area (Å²) in [7, 11) is 0. The topological polar surface area (TPSA) is 123 Å². The van der Waals surface area contributed by atoms with Crippen LogP contribution in [0.15, 0.2) is 55.0 Å². The van der Waals surface area contributed by atoms with Gasteiger partial charge in [0.05, 0.1) is 59.9 Å². The highest BCUT2D eigenvalue weighted by Gasteiger charge is 2.33. The first-order valence-corrected chi connectivity index (χ1v) is 9.93. The monoisotopic (exact) mass is 402 g/mol.